The number of halogens is 1. The van der Waals surface area contributed by atoms with Gasteiger partial charge in [0, 0.05) is 12.7 Å². The molecule has 0 fully saturated rings. The van der Waals surface area contributed by atoms with E-state index in [1.54, 1.807) is 11.7 Å². The van der Waals surface area contributed by atoms with Crippen molar-refractivity contribution in [1.82, 2.24) is 9.78 Å². The Bertz CT molecular complexity index is 646. The van der Waals surface area contributed by atoms with E-state index >= 15 is 0 Å². The van der Waals surface area contributed by atoms with Gasteiger partial charge in [0.15, 0.2) is 0 Å². The first-order valence-corrected chi connectivity index (χ1v) is 6.77. The molecule has 1 N–H and O–H groups in total. The van der Waals surface area contributed by atoms with Crippen LogP contribution in [0.2, 0.25) is 0 Å². The van der Waals surface area contributed by atoms with Gasteiger partial charge in [-0.05, 0) is 53.9 Å². The van der Waals surface area contributed by atoms with Gasteiger partial charge in [0.1, 0.15) is 5.69 Å². The highest BCUT2D eigenvalue weighted by Gasteiger charge is 2.18. The molecule has 0 spiro atoms. The van der Waals surface area contributed by atoms with Crippen LogP contribution in [0, 0.1) is 20.8 Å². The fourth-order valence-electron chi connectivity index (χ4n) is 1.95. The van der Waals surface area contributed by atoms with Gasteiger partial charge in [0.05, 0.1) is 10.2 Å². The molecule has 1 aromatic heterocycles. The molecule has 0 saturated heterocycles. The molecule has 2 aromatic rings. The third kappa shape index (κ3) is 2.56. The molecule has 4 nitrogen and oxygen atoms in total. The molecule has 0 aliphatic heterocycles. The second-order valence-corrected chi connectivity index (χ2v) is 5.37. The zero-order valence-corrected chi connectivity index (χ0v) is 13.0. The van der Waals surface area contributed by atoms with E-state index in [9.17, 15) is 4.79 Å². The highest BCUT2D eigenvalue weighted by Crippen LogP contribution is 2.23. The molecule has 0 radical (unpaired) electrons. The zero-order chi connectivity index (χ0) is 14.2. The van der Waals surface area contributed by atoms with Gasteiger partial charge in [0.25, 0.3) is 5.91 Å². The van der Waals surface area contributed by atoms with E-state index in [-0.39, 0.29) is 5.91 Å². The van der Waals surface area contributed by atoms with Gasteiger partial charge in [0.2, 0.25) is 0 Å². The van der Waals surface area contributed by atoms with Crippen LogP contribution >= 0.6 is 15.9 Å². The number of anilines is 1. The van der Waals surface area contributed by atoms with Crippen LogP contribution in [0.4, 0.5) is 5.69 Å². The number of rotatable bonds is 2. The van der Waals surface area contributed by atoms with Crippen molar-refractivity contribution in [3.8, 4) is 0 Å². The van der Waals surface area contributed by atoms with Gasteiger partial charge in [-0.25, -0.2) is 0 Å². The third-order valence-corrected chi connectivity index (χ3v) is 4.17. The van der Waals surface area contributed by atoms with Crippen molar-refractivity contribution >= 4 is 27.5 Å². The second-order valence-electron chi connectivity index (χ2n) is 4.57. The normalized spacial score (nSPS) is 10.6. The van der Waals surface area contributed by atoms with Gasteiger partial charge >= 0.3 is 0 Å². The number of amides is 1. The standard InChI is InChI=1S/C14H16BrN3O/c1-8-6-5-7-11(9(8)2)16-14(19)13-12(15)10(3)17-18(13)4/h5-7H,1-4H3,(H,16,19). The SMILES string of the molecule is Cc1cccc(NC(=O)c2c(Br)c(C)nn2C)c1C. The smallest absolute Gasteiger partial charge is 0.275 e. The minimum atomic E-state index is -0.163. The van der Waals surface area contributed by atoms with Gasteiger partial charge in [-0.3, -0.25) is 9.48 Å². The monoisotopic (exact) mass is 321 g/mol. The summed E-state index contributed by atoms with van der Waals surface area (Å²) >= 11 is 3.40. The Labute approximate surface area is 120 Å². The van der Waals surface area contributed by atoms with Crippen molar-refractivity contribution in [1.29, 1.82) is 0 Å². The maximum absolute atomic E-state index is 12.3. The minimum Gasteiger partial charge on any atom is -0.320 e. The van der Waals surface area contributed by atoms with Crippen LogP contribution in [0.25, 0.3) is 0 Å². The van der Waals surface area contributed by atoms with Crippen molar-refractivity contribution in [2.45, 2.75) is 20.8 Å². The van der Waals surface area contributed by atoms with E-state index in [4.69, 9.17) is 0 Å². The molecule has 0 saturated carbocycles. The Morgan fingerprint density at radius 3 is 2.58 bits per heavy atom. The summed E-state index contributed by atoms with van der Waals surface area (Å²) in [7, 11) is 1.76. The average molecular weight is 322 g/mol. The van der Waals surface area contributed by atoms with Crippen LogP contribution in [-0.4, -0.2) is 15.7 Å². The first kappa shape index (κ1) is 13.8. The van der Waals surface area contributed by atoms with Crippen LogP contribution < -0.4 is 5.32 Å². The van der Waals surface area contributed by atoms with Crippen LogP contribution in [0.15, 0.2) is 22.7 Å². The molecule has 19 heavy (non-hydrogen) atoms. The van der Waals surface area contributed by atoms with E-state index in [1.165, 1.54) is 0 Å². The minimum absolute atomic E-state index is 0.163. The lowest BCUT2D eigenvalue weighted by Crippen LogP contribution is -2.17. The lowest BCUT2D eigenvalue weighted by molar-refractivity contribution is 0.101. The number of hydrogen-bond acceptors (Lipinski definition) is 2. The van der Waals surface area contributed by atoms with Gasteiger partial charge in [-0.2, -0.15) is 5.10 Å². The van der Waals surface area contributed by atoms with E-state index in [2.05, 4.69) is 26.3 Å². The summed E-state index contributed by atoms with van der Waals surface area (Å²) in [6, 6.07) is 5.86. The summed E-state index contributed by atoms with van der Waals surface area (Å²) in [5.41, 5.74) is 4.38. The lowest BCUT2D eigenvalue weighted by Gasteiger charge is -2.10. The predicted octanol–water partition coefficient (Wildman–Crippen LogP) is 3.36. The molecule has 0 bridgehead atoms. The third-order valence-electron chi connectivity index (χ3n) is 3.22. The van der Waals surface area contributed by atoms with Crippen LogP contribution in [-0.2, 0) is 7.05 Å². The highest BCUT2D eigenvalue weighted by molar-refractivity contribution is 9.10. The molecule has 100 valence electrons. The number of hydrogen-bond donors (Lipinski definition) is 1. The Kier molecular flexibility index (Phi) is 3.75. The average Bonchev–Trinajstić information content (AvgIpc) is 2.59. The maximum Gasteiger partial charge on any atom is 0.275 e. The summed E-state index contributed by atoms with van der Waals surface area (Å²) < 4.78 is 2.32. The van der Waals surface area contributed by atoms with Crippen molar-refractivity contribution in [2.24, 2.45) is 7.05 Å². The Hall–Kier alpha value is -1.62. The fourth-order valence-corrected chi connectivity index (χ4v) is 2.46. The molecular formula is C14H16BrN3O. The Balaban J connectivity index is 2.34. The summed E-state index contributed by atoms with van der Waals surface area (Å²) in [5.74, 6) is -0.163. The second kappa shape index (κ2) is 5.17. The highest BCUT2D eigenvalue weighted by atomic mass is 79.9. The quantitative estimate of drug-likeness (QED) is 0.921. The first-order valence-electron chi connectivity index (χ1n) is 5.98. The van der Waals surface area contributed by atoms with Gasteiger partial charge in [-0.15, -0.1) is 0 Å². The summed E-state index contributed by atoms with van der Waals surface area (Å²) in [4.78, 5) is 12.3. The Morgan fingerprint density at radius 1 is 1.32 bits per heavy atom. The molecule has 0 aliphatic rings. The summed E-state index contributed by atoms with van der Waals surface area (Å²) in [6.45, 7) is 5.88. The Morgan fingerprint density at radius 2 is 2.00 bits per heavy atom. The van der Waals surface area contributed by atoms with E-state index in [0.717, 1.165) is 27.0 Å². The maximum atomic E-state index is 12.3. The number of carbonyl (C=O) groups excluding carboxylic acids is 1. The molecule has 1 amide bonds. The largest absolute Gasteiger partial charge is 0.320 e. The van der Waals surface area contributed by atoms with Crippen molar-refractivity contribution in [3.63, 3.8) is 0 Å². The molecule has 0 atom stereocenters. The topological polar surface area (TPSA) is 46.9 Å². The van der Waals surface area contributed by atoms with Gasteiger partial charge in [-0.1, -0.05) is 12.1 Å². The molecule has 1 aromatic carbocycles. The number of nitrogens with zero attached hydrogens (tertiary/aromatic N) is 2. The molecule has 1 heterocycles. The molecule has 2 rings (SSSR count). The van der Waals surface area contributed by atoms with Crippen LogP contribution in [0.3, 0.4) is 0 Å². The van der Waals surface area contributed by atoms with Crippen molar-refractivity contribution in [3.05, 3.63) is 45.2 Å². The van der Waals surface area contributed by atoms with Crippen molar-refractivity contribution in [2.75, 3.05) is 5.32 Å². The first-order chi connectivity index (χ1) is 8.91. The lowest BCUT2D eigenvalue weighted by atomic mass is 10.1. The zero-order valence-electron chi connectivity index (χ0n) is 11.4. The molecule has 5 heteroatoms. The van der Waals surface area contributed by atoms with E-state index in [1.807, 2.05) is 39.0 Å². The molecule has 0 unspecified atom stereocenters. The fraction of sp³-hybridized carbons (Fsp3) is 0.286. The number of nitrogens with one attached hydrogen (secondary N) is 1. The molecule has 0 aliphatic carbocycles. The van der Waals surface area contributed by atoms with E-state index < -0.39 is 0 Å². The van der Waals surface area contributed by atoms with Gasteiger partial charge < -0.3 is 5.32 Å². The summed E-state index contributed by atoms with van der Waals surface area (Å²) in [6.07, 6.45) is 0. The summed E-state index contributed by atoms with van der Waals surface area (Å²) in [5, 5.41) is 7.15. The van der Waals surface area contributed by atoms with Crippen LogP contribution in [0.1, 0.15) is 27.3 Å². The van der Waals surface area contributed by atoms with Crippen molar-refractivity contribution < 1.29 is 4.79 Å². The number of aryl methyl sites for hydroxylation is 3. The number of benzene rings is 1. The predicted molar refractivity (Wildman–Crippen MR) is 79.5 cm³/mol. The van der Waals surface area contributed by atoms with Crippen LogP contribution in [0.5, 0.6) is 0 Å². The number of carbonyl (C=O) groups is 1. The van der Waals surface area contributed by atoms with E-state index in [0.29, 0.717) is 5.69 Å². The molecular weight excluding hydrogens is 306 g/mol. The number of aromatic nitrogens is 2.